The zero-order valence-corrected chi connectivity index (χ0v) is 16.5. The van der Waals surface area contributed by atoms with Gasteiger partial charge in [0, 0.05) is 6.92 Å². The lowest BCUT2D eigenvalue weighted by molar-refractivity contribution is -0.119. The van der Waals surface area contributed by atoms with E-state index in [4.69, 9.17) is 18.9 Å². The molecule has 1 atom stereocenters. The second-order valence-electron chi connectivity index (χ2n) is 6.10. The minimum absolute atomic E-state index is 0.0688. The lowest BCUT2D eigenvalue weighted by Gasteiger charge is -2.20. The standard InChI is InChI=1S/C21H27NO5/c1-14(23)22-18(16-7-9-17(24-2)10-8-16)11-6-15-12-19(25-3)21(27-5)20(13-15)26-4/h7-10,12-13,18H,6,11H2,1-5H3,(H,22,23)/t18-/m1/s1. The fourth-order valence-corrected chi connectivity index (χ4v) is 2.99. The Kier molecular flexibility index (Phi) is 7.34. The molecule has 0 spiro atoms. The van der Waals surface area contributed by atoms with Crippen molar-refractivity contribution >= 4 is 5.91 Å². The van der Waals surface area contributed by atoms with Crippen LogP contribution in [0.5, 0.6) is 23.0 Å². The molecule has 0 fully saturated rings. The third-order valence-electron chi connectivity index (χ3n) is 4.34. The molecule has 146 valence electrons. The SMILES string of the molecule is COc1ccc([C@@H](CCc2cc(OC)c(OC)c(OC)c2)NC(C)=O)cc1. The summed E-state index contributed by atoms with van der Waals surface area (Å²) in [4.78, 5) is 11.7. The van der Waals surface area contributed by atoms with Crippen molar-refractivity contribution in [3.63, 3.8) is 0 Å². The van der Waals surface area contributed by atoms with Crippen LogP contribution in [0.1, 0.15) is 30.5 Å². The Morgan fingerprint density at radius 3 is 1.96 bits per heavy atom. The molecule has 1 N–H and O–H groups in total. The lowest BCUT2D eigenvalue weighted by Crippen LogP contribution is -2.26. The highest BCUT2D eigenvalue weighted by atomic mass is 16.5. The number of benzene rings is 2. The summed E-state index contributed by atoms with van der Waals surface area (Å²) < 4.78 is 21.4. The van der Waals surface area contributed by atoms with E-state index < -0.39 is 0 Å². The largest absolute Gasteiger partial charge is 0.497 e. The van der Waals surface area contributed by atoms with E-state index in [0.717, 1.165) is 29.7 Å². The third kappa shape index (κ3) is 5.29. The van der Waals surface area contributed by atoms with E-state index in [-0.39, 0.29) is 11.9 Å². The van der Waals surface area contributed by atoms with Crippen molar-refractivity contribution in [1.29, 1.82) is 0 Å². The van der Waals surface area contributed by atoms with Crippen LogP contribution in [0.2, 0.25) is 0 Å². The van der Waals surface area contributed by atoms with Gasteiger partial charge in [-0.05, 0) is 48.2 Å². The molecule has 0 heterocycles. The number of rotatable bonds is 9. The highest BCUT2D eigenvalue weighted by molar-refractivity contribution is 5.73. The molecule has 0 saturated heterocycles. The van der Waals surface area contributed by atoms with E-state index in [0.29, 0.717) is 17.2 Å². The van der Waals surface area contributed by atoms with Crippen molar-refractivity contribution in [3.8, 4) is 23.0 Å². The van der Waals surface area contributed by atoms with Gasteiger partial charge in [0.05, 0.1) is 34.5 Å². The molecule has 1 amide bonds. The molecule has 0 aliphatic heterocycles. The number of hydrogen-bond acceptors (Lipinski definition) is 5. The van der Waals surface area contributed by atoms with Gasteiger partial charge in [-0.25, -0.2) is 0 Å². The smallest absolute Gasteiger partial charge is 0.217 e. The zero-order chi connectivity index (χ0) is 19.8. The average molecular weight is 373 g/mol. The first-order chi connectivity index (χ1) is 13.0. The maximum Gasteiger partial charge on any atom is 0.217 e. The quantitative estimate of drug-likeness (QED) is 0.728. The first kappa shape index (κ1) is 20.4. The molecule has 2 aromatic rings. The molecule has 2 aromatic carbocycles. The predicted molar refractivity (Wildman–Crippen MR) is 104 cm³/mol. The second kappa shape index (κ2) is 9.71. The van der Waals surface area contributed by atoms with E-state index in [9.17, 15) is 4.79 Å². The maximum atomic E-state index is 11.7. The van der Waals surface area contributed by atoms with Crippen molar-refractivity contribution in [1.82, 2.24) is 5.32 Å². The van der Waals surface area contributed by atoms with E-state index in [2.05, 4.69) is 5.32 Å². The highest BCUT2D eigenvalue weighted by Crippen LogP contribution is 2.38. The molecule has 27 heavy (non-hydrogen) atoms. The number of hydrogen-bond donors (Lipinski definition) is 1. The number of carbonyl (C=O) groups excluding carboxylic acids is 1. The molecule has 0 aromatic heterocycles. The molecule has 0 aliphatic carbocycles. The monoisotopic (exact) mass is 373 g/mol. The molecule has 0 radical (unpaired) electrons. The molecule has 0 bridgehead atoms. The van der Waals surface area contributed by atoms with Gasteiger partial charge in [-0.2, -0.15) is 0 Å². The van der Waals surface area contributed by atoms with Crippen LogP contribution in [-0.2, 0) is 11.2 Å². The van der Waals surface area contributed by atoms with Crippen LogP contribution in [0.25, 0.3) is 0 Å². The Hall–Kier alpha value is -2.89. The van der Waals surface area contributed by atoms with Crippen molar-refractivity contribution in [2.45, 2.75) is 25.8 Å². The Labute approximate surface area is 160 Å². The van der Waals surface area contributed by atoms with Crippen LogP contribution in [-0.4, -0.2) is 34.3 Å². The van der Waals surface area contributed by atoms with Gasteiger partial charge in [-0.1, -0.05) is 12.1 Å². The maximum absolute atomic E-state index is 11.7. The van der Waals surface area contributed by atoms with Crippen LogP contribution in [0.15, 0.2) is 36.4 Å². The number of nitrogens with one attached hydrogen (secondary N) is 1. The minimum atomic E-state index is -0.104. The van der Waals surface area contributed by atoms with E-state index in [1.54, 1.807) is 28.4 Å². The third-order valence-corrected chi connectivity index (χ3v) is 4.34. The normalized spacial score (nSPS) is 11.4. The lowest BCUT2D eigenvalue weighted by atomic mass is 9.98. The Morgan fingerprint density at radius 1 is 0.926 bits per heavy atom. The fraction of sp³-hybridized carbons (Fsp3) is 0.381. The molecule has 0 unspecified atom stereocenters. The first-order valence-corrected chi connectivity index (χ1v) is 8.72. The zero-order valence-electron chi connectivity index (χ0n) is 16.5. The highest BCUT2D eigenvalue weighted by Gasteiger charge is 2.16. The summed E-state index contributed by atoms with van der Waals surface area (Å²) in [5, 5.41) is 3.02. The Morgan fingerprint density at radius 2 is 1.52 bits per heavy atom. The summed E-state index contributed by atoms with van der Waals surface area (Å²) in [6.45, 7) is 1.52. The Bertz CT molecular complexity index is 733. The van der Waals surface area contributed by atoms with Gasteiger partial charge in [0.25, 0.3) is 0 Å². The van der Waals surface area contributed by atoms with Gasteiger partial charge in [0.1, 0.15) is 5.75 Å². The summed E-state index contributed by atoms with van der Waals surface area (Å²) in [6.07, 6.45) is 1.46. The molecule has 2 rings (SSSR count). The van der Waals surface area contributed by atoms with E-state index >= 15 is 0 Å². The number of carbonyl (C=O) groups is 1. The number of aryl methyl sites for hydroxylation is 1. The summed E-state index contributed by atoms with van der Waals surface area (Å²) >= 11 is 0. The van der Waals surface area contributed by atoms with Gasteiger partial charge in [0.15, 0.2) is 11.5 Å². The van der Waals surface area contributed by atoms with Crippen molar-refractivity contribution < 1.29 is 23.7 Å². The fourth-order valence-electron chi connectivity index (χ4n) is 2.99. The van der Waals surface area contributed by atoms with Crippen LogP contribution >= 0.6 is 0 Å². The molecule has 0 saturated carbocycles. The second-order valence-corrected chi connectivity index (χ2v) is 6.10. The van der Waals surface area contributed by atoms with Gasteiger partial charge < -0.3 is 24.3 Å². The number of amides is 1. The van der Waals surface area contributed by atoms with E-state index in [1.165, 1.54) is 6.92 Å². The number of ether oxygens (including phenoxy) is 4. The molecule has 0 aliphatic rings. The minimum Gasteiger partial charge on any atom is -0.497 e. The molecular formula is C21H27NO5. The van der Waals surface area contributed by atoms with Crippen LogP contribution in [0.4, 0.5) is 0 Å². The average Bonchev–Trinajstić information content (AvgIpc) is 2.69. The first-order valence-electron chi connectivity index (χ1n) is 8.72. The van der Waals surface area contributed by atoms with Crippen LogP contribution in [0.3, 0.4) is 0 Å². The van der Waals surface area contributed by atoms with Crippen molar-refractivity contribution in [2.75, 3.05) is 28.4 Å². The van der Waals surface area contributed by atoms with Gasteiger partial charge >= 0.3 is 0 Å². The van der Waals surface area contributed by atoms with Crippen molar-refractivity contribution in [3.05, 3.63) is 47.5 Å². The molecule has 6 heteroatoms. The summed E-state index contributed by atoms with van der Waals surface area (Å²) in [5.74, 6) is 2.52. The van der Waals surface area contributed by atoms with Gasteiger partial charge in [-0.3, -0.25) is 4.79 Å². The number of methoxy groups -OCH3 is 4. The molecule has 6 nitrogen and oxygen atoms in total. The van der Waals surface area contributed by atoms with Crippen LogP contribution < -0.4 is 24.3 Å². The van der Waals surface area contributed by atoms with Gasteiger partial charge in [-0.15, -0.1) is 0 Å². The molecular weight excluding hydrogens is 346 g/mol. The summed E-state index contributed by atoms with van der Waals surface area (Å²) in [6, 6.07) is 11.5. The predicted octanol–water partition coefficient (Wildman–Crippen LogP) is 3.53. The van der Waals surface area contributed by atoms with Gasteiger partial charge in [0.2, 0.25) is 11.7 Å². The van der Waals surface area contributed by atoms with Crippen LogP contribution in [0, 0.1) is 0 Å². The summed E-state index contributed by atoms with van der Waals surface area (Å²) in [5.41, 5.74) is 2.06. The summed E-state index contributed by atoms with van der Waals surface area (Å²) in [7, 11) is 6.40. The Balaban J connectivity index is 2.22. The van der Waals surface area contributed by atoms with Crippen molar-refractivity contribution in [2.24, 2.45) is 0 Å². The van der Waals surface area contributed by atoms with E-state index in [1.807, 2.05) is 36.4 Å². The topological polar surface area (TPSA) is 66.0 Å².